The molecule has 0 saturated carbocycles. The maximum Gasteiger partial charge on any atom is 0.404 e. The molecule has 1 aromatic carbocycles. The topological polar surface area (TPSA) is 99.8 Å². The van der Waals surface area contributed by atoms with E-state index in [1.807, 2.05) is 0 Å². The van der Waals surface area contributed by atoms with Gasteiger partial charge in [-0.1, -0.05) is 23.2 Å². The van der Waals surface area contributed by atoms with Crippen LogP contribution in [0.1, 0.15) is 17.0 Å². The van der Waals surface area contributed by atoms with Crippen molar-refractivity contribution in [1.82, 2.24) is 19.7 Å². The molecule has 2 heterocycles. The number of carboxylic acid groups (broad SMARTS) is 1. The van der Waals surface area contributed by atoms with E-state index < -0.39 is 6.09 Å². The van der Waals surface area contributed by atoms with Crippen LogP contribution in [0.3, 0.4) is 0 Å². The number of benzene rings is 1. The average Bonchev–Trinajstić information content (AvgIpc) is 2.95. The monoisotopic (exact) mass is 394 g/mol. The molecule has 0 spiro atoms. The highest BCUT2D eigenvalue weighted by Crippen LogP contribution is 2.34. The summed E-state index contributed by atoms with van der Waals surface area (Å²) in [6.45, 7) is 1.81. The van der Waals surface area contributed by atoms with Crippen LogP contribution in [-0.4, -0.2) is 37.3 Å². The van der Waals surface area contributed by atoms with Crippen molar-refractivity contribution in [3.63, 3.8) is 0 Å². The molecule has 0 saturated heterocycles. The summed E-state index contributed by atoms with van der Waals surface area (Å²) in [5.74, 6) is 0.450. The van der Waals surface area contributed by atoms with Gasteiger partial charge in [-0.05, 0) is 25.1 Å². The number of aryl methyl sites for hydroxylation is 1. The molecule has 9 heteroatoms. The smallest absolute Gasteiger partial charge is 0.404 e. The summed E-state index contributed by atoms with van der Waals surface area (Å²) in [6.07, 6.45) is 1.02. The fourth-order valence-electron chi connectivity index (χ4n) is 2.78. The summed E-state index contributed by atoms with van der Waals surface area (Å²) >= 11 is 12.4. The summed E-state index contributed by atoms with van der Waals surface area (Å²) in [4.78, 5) is 19.9. The number of rotatable bonds is 5. The molecule has 1 amide bonds. The molecule has 0 atom stereocenters. The normalized spacial score (nSPS) is 11.1. The molecule has 0 radical (unpaired) electrons. The van der Waals surface area contributed by atoms with E-state index in [2.05, 4.69) is 15.3 Å². The van der Waals surface area contributed by atoms with Gasteiger partial charge in [0.1, 0.15) is 0 Å². The second-order valence-corrected chi connectivity index (χ2v) is 6.53. The Morgan fingerprint density at radius 3 is 2.73 bits per heavy atom. The zero-order valence-corrected chi connectivity index (χ0v) is 15.3. The van der Waals surface area contributed by atoms with Crippen LogP contribution in [0.15, 0.2) is 24.4 Å². The standard InChI is InChI=1S/C17H16Cl2N4O3/c1-9-13(7-20-17(25)26)15(12-3-2-10(18)6-14(12)19)23-8-11(4-5-24)22-16(23)21-9/h2-3,6,8,20,24H,4-5,7H2,1H3,(H,25,26). The number of nitrogens with zero attached hydrogens (tertiary/aromatic N) is 3. The Bertz CT molecular complexity index is 988. The van der Waals surface area contributed by atoms with Gasteiger partial charge in [-0.25, -0.2) is 14.8 Å². The molecule has 0 aliphatic carbocycles. The molecule has 3 aromatic rings. The van der Waals surface area contributed by atoms with Crippen molar-refractivity contribution in [2.24, 2.45) is 0 Å². The van der Waals surface area contributed by atoms with E-state index >= 15 is 0 Å². The third-order valence-corrected chi connectivity index (χ3v) is 4.49. The number of halogens is 2. The van der Waals surface area contributed by atoms with Crippen molar-refractivity contribution < 1.29 is 15.0 Å². The molecule has 2 aromatic heterocycles. The van der Waals surface area contributed by atoms with Crippen LogP contribution in [-0.2, 0) is 13.0 Å². The highest BCUT2D eigenvalue weighted by atomic mass is 35.5. The minimum Gasteiger partial charge on any atom is -0.465 e. The van der Waals surface area contributed by atoms with Gasteiger partial charge < -0.3 is 15.5 Å². The first-order valence-electron chi connectivity index (χ1n) is 7.81. The minimum atomic E-state index is -1.13. The van der Waals surface area contributed by atoms with Gasteiger partial charge in [0, 0.05) is 41.1 Å². The van der Waals surface area contributed by atoms with Crippen molar-refractivity contribution in [3.8, 4) is 11.3 Å². The maximum atomic E-state index is 11.0. The van der Waals surface area contributed by atoms with Gasteiger partial charge in [0.05, 0.1) is 23.0 Å². The van der Waals surface area contributed by atoms with E-state index in [-0.39, 0.29) is 13.2 Å². The second-order valence-electron chi connectivity index (χ2n) is 5.68. The van der Waals surface area contributed by atoms with E-state index in [1.54, 1.807) is 35.7 Å². The quantitative estimate of drug-likeness (QED) is 0.616. The van der Waals surface area contributed by atoms with E-state index in [4.69, 9.17) is 28.3 Å². The first kappa shape index (κ1) is 18.4. The van der Waals surface area contributed by atoms with Crippen molar-refractivity contribution in [2.45, 2.75) is 19.9 Å². The van der Waals surface area contributed by atoms with E-state index in [9.17, 15) is 9.90 Å². The van der Waals surface area contributed by atoms with E-state index in [0.717, 1.165) is 0 Å². The van der Waals surface area contributed by atoms with Gasteiger partial charge in [0.15, 0.2) is 0 Å². The molecule has 0 fully saturated rings. The molecule has 0 unspecified atom stereocenters. The number of nitrogens with one attached hydrogen (secondary N) is 1. The number of amides is 1. The predicted octanol–water partition coefficient (Wildman–Crippen LogP) is 3.31. The first-order chi connectivity index (χ1) is 12.4. The second kappa shape index (κ2) is 7.49. The third kappa shape index (κ3) is 3.60. The zero-order valence-electron chi connectivity index (χ0n) is 13.8. The number of aromatic nitrogens is 3. The number of fused-ring (bicyclic) bond motifs is 1. The SMILES string of the molecule is Cc1nc2nc(CCO)cn2c(-c2ccc(Cl)cc2Cl)c1CNC(=O)O. The lowest BCUT2D eigenvalue weighted by Gasteiger charge is -2.16. The number of hydrogen-bond donors (Lipinski definition) is 3. The average molecular weight is 395 g/mol. The first-order valence-corrected chi connectivity index (χ1v) is 8.57. The number of aliphatic hydroxyl groups is 1. The maximum absolute atomic E-state index is 11.0. The molecule has 3 rings (SSSR count). The van der Waals surface area contributed by atoms with Crippen LogP contribution < -0.4 is 5.32 Å². The van der Waals surface area contributed by atoms with Gasteiger partial charge in [-0.2, -0.15) is 0 Å². The third-order valence-electron chi connectivity index (χ3n) is 3.94. The Labute approximate surface area is 159 Å². The Hall–Kier alpha value is -2.35. The fourth-order valence-corrected chi connectivity index (χ4v) is 3.28. The number of carbonyl (C=O) groups is 1. The molecule has 136 valence electrons. The summed E-state index contributed by atoms with van der Waals surface area (Å²) < 4.78 is 1.76. The zero-order chi connectivity index (χ0) is 18.8. The van der Waals surface area contributed by atoms with Gasteiger partial charge >= 0.3 is 6.09 Å². The molecular formula is C17H16Cl2N4O3. The van der Waals surface area contributed by atoms with Crippen molar-refractivity contribution in [2.75, 3.05) is 6.61 Å². The minimum absolute atomic E-state index is 0.0344. The lowest BCUT2D eigenvalue weighted by Crippen LogP contribution is -2.22. The van der Waals surface area contributed by atoms with E-state index in [0.29, 0.717) is 50.5 Å². The lowest BCUT2D eigenvalue weighted by molar-refractivity contribution is 0.194. The summed E-state index contributed by atoms with van der Waals surface area (Å²) in [7, 11) is 0. The highest BCUT2D eigenvalue weighted by Gasteiger charge is 2.19. The van der Waals surface area contributed by atoms with Gasteiger partial charge in [-0.15, -0.1) is 0 Å². The van der Waals surface area contributed by atoms with Crippen LogP contribution in [0.4, 0.5) is 4.79 Å². The van der Waals surface area contributed by atoms with Gasteiger partial charge in [-0.3, -0.25) is 4.40 Å². The molecule has 0 aliphatic rings. The van der Waals surface area contributed by atoms with E-state index in [1.165, 1.54) is 0 Å². The molecule has 7 nitrogen and oxygen atoms in total. The molecule has 0 bridgehead atoms. The molecule has 0 aliphatic heterocycles. The fraction of sp³-hybridized carbons (Fsp3) is 0.235. The largest absolute Gasteiger partial charge is 0.465 e. The molecular weight excluding hydrogens is 379 g/mol. The highest BCUT2D eigenvalue weighted by molar-refractivity contribution is 6.36. The van der Waals surface area contributed by atoms with Crippen LogP contribution in [0, 0.1) is 6.92 Å². The lowest BCUT2D eigenvalue weighted by atomic mass is 10.0. The van der Waals surface area contributed by atoms with Crippen LogP contribution in [0.25, 0.3) is 17.0 Å². The number of hydrogen-bond acceptors (Lipinski definition) is 4. The Morgan fingerprint density at radius 2 is 2.08 bits per heavy atom. The summed E-state index contributed by atoms with van der Waals surface area (Å²) in [5.41, 5.74) is 3.35. The molecule has 3 N–H and O–H groups in total. The molecule has 26 heavy (non-hydrogen) atoms. The summed E-state index contributed by atoms with van der Waals surface area (Å²) in [6, 6.07) is 5.11. The van der Waals surface area contributed by atoms with Crippen LogP contribution >= 0.6 is 23.2 Å². The number of imidazole rings is 1. The van der Waals surface area contributed by atoms with Crippen LogP contribution in [0.5, 0.6) is 0 Å². The van der Waals surface area contributed by atoms with Gasteiger partial charge in [0.25, 0.3) is 0 Å². The number of aliphatic hydroxyl groups excluding tert-OH is 1. The van der Waals surface area contributed by atoms with Gasteiger partial charge in [0.2, 0.25) is 5.78 Å². The Balaban J connectivity index is 2.29. The Morgan fingerprint density at radius 1 is 1.31 bits per heavy atom. The Kier molecular flexibility index (Phi) is 5.31. The van der Waals surface area contributed by atoms with Crippen molar-refractivity contribution >= 4 is 35.1 Å². The van der Waals surface area contributed by atoms with Crippen molar-refractivity contribution in [3.05, 3.63) is 51.4 Å². The van der Waals surface area contributed by atoms with Crippen LogP contribution in [0.2, 0.25) is 10.0 Å². The predicted molar refractivity (Wildman–Crippen MR) is 98.8 cm³/mol. The van der Waals surface area contributed by atoms with Crippen molar-refractivity contribution in [1.29, 1.82) is 0 Å². The summed E-state index contributed by atoms with van der Waals surface area (Å²) in [5, 5.41) is 21.5.